The number of benzene rings is 1. The molecule has 5 nitrogen and oxygen atoms in total. The van der Waals surface area contributed by atoms with Crippen molar-refractivity contribution in [3.63, 3.8) is 0 Å². The lowest BCUT2D eigenvalue weighted by atomic mass is 9.98. The van der Waals surface area contributed by atoms with Gasteiger partial charge in [-0.1, -0.05) is 0 Å². The number of esters is 1. The zero-order valence-corrected chi connectivity index (χ0v) is 17.0. The Labute approximate surface area is 165 Å². The molecule has 0 atom stereocenters. The molecule has 27 heavy (non-hydrogen) atoms. The summed E-state index contributed by atoms with van der Waals surface area (Å²) in [5.41, 5.74) is 2.94. The molecule has 0 saturated carbocycles. The second-order valence-electron chi connectivity index (χ2n) is 6.22. The molecule has 1 heterocycles. The summed E-state index contributed by atoms with van der Waals surface area (Å²) >= 11 is 3.24. The minimum atomic E-state index is -0.474. The van der Waals surface area contributed by atoms with E-state index in [0.717, 1.165) is 16.7 Å². The molecule has 1 aromatic carbocycles. The molecule has 0 aliphatic heterocycles. The van der Waals surface area contributed by atoms with Crippen LogP contribution in [-0.4, -0.2) is 28.4 Å². The number of ether oxygens (including phenoxy) is 1. The molecule has 1 N–H and O–H groups in total. The van der Waals surface area contributed by atoms with E-state index in [-0.39, 0.29) is 36.7 Å². The Bertz CT molecular complexity index is 860. The molecule has 7 heteroatoms. The number of hydrogen-bond acceptors (Lipinski definition) is 5. The molecule has 144 valence electrons. The third-order valence-corrected chi connectivity index (χ3v) is 4.75. The number of carbonyl (C=O) groups is 2. The maximum Gasteiger partial charge on any atom is 0.306 e. The van der Waals surface area contributed by atoms with E-state index in [1.165, 1.54) is 12.1 Å². The van der Waals surface area contributed by atoms with Gasteiger partial charge in [0.15, 0.2) is 11.5 Å². The summed E-state index contributed by atoms with van der Waals surface area (Å²) in [7, 11) is 0. The van der Waals surface area contributed by atoms with Crippen molar-refractivity contribution in [1.82, 2.24) is 4.98 Å². The van der Waals surface area contributed by atoms with Gasteiger partial charge in [-0.15, -0.1) is 0 Å². The van der Waals surface area contributed by atoms with Crippen molar-refractivity contribution in [2.24, 2.45) is 0 Å². The van der Waals surface area contributed by atoms with Gasteiger partial charge in [0.2, 0.25) is 0 Å². The van der Waals surface area contributed by atoms with E-state index in [2.05, 4.69) is 20.9 Å². The zero-order chi connectivity index (χ0) is 20.1. The molecule has 0 saturated heterocycles. The van der Waals surface area contributed by atoms with E-state index in [1.54, 1.807) is 13.0 Å². The molecule has 0 amide bonds. The third-order valence-electron chi connectivity index (χ3n) is 4.14. The normalized spacial score (nSPS) is 10.7. The fourth-order valence-electron chi connectivity index (χ4n) is 2.81. The van der Waals surface area contributed by atoms with Crippen LogP contribution in [0, 0.1) is 19.7 Å². The van der Waals surface area contributed by atoms with Crippen LogP contribution in [0.1, 0.15) is 52.6 Å². The maximum absolute atomic E-state index is 13.5. The van der Waals surface area contributed by atoms with Gasteiger partial charge in [-0.25, -0.2) is 9.37 Å². The summed E-state index contributed by atoms with van der Waals surface area (Å²) in [6.45, 7) is 5.56. The Hall–Kier alpha value is -2.28. The van der Waals surface area contributed by atoms with Crippen LogP contribution < -0.4 is 0 Å². The number of Topliss-reactive ketones (excluding diaryl/α,β-unsaturated/α-hetero) is 1. The quantitative estimate of drug-likeness (QED) is 0.512. The van der Waals surface area contributed by atoms with Gasteiger partial charge in [0, 0.05) is 18.5 Å². The molecule has 0 fully saturated rings. The summed E-state index contributed by atoms with van der Waals surface area (Å²) in [5, 5.41) is 10.2. The zero-order valence-electron chi connectivity index (χ0n) is 15.4. The smallest absolute Gasteiger partial charge is 0.306 e. The first-order valence-electron chi connectivity index (χ1n) is 8.55. The first kappa shape index (κ1) is 21.0. The van der Waals surface area contributed by atoms with Crippen LogP contribution >= 0.6 is 15.9 Å². The summed E-state index contributed by atoms with van der Waals surface area (Å²) in [4.78, 5) is 28.1. The largest absolute Gasteiger partial charge is 0.504 e. The molecule has 1 aromatic heterocycles. The van der Waals surface area contributed by atoms with Gasteiger partial charge in [0.05, 0.1) is 17.5 Å². The highest BCUT2D eigenvalue weighted by Gasteiger charge is 2.19. The molecular weight excluding hydrogens is 417 g/mol. The number of rotatable bonds is 7. The number of halogens is 2. The van der Waals surface area contributed by atoms with Crippen LogP contribution in [0.5, 0.6) is 5.75 Å². The topological polar surface area (TPSA) is 76.5 Å². The van der Waals surface area contributed by atoms with Gasteiger partial charge in [0.1, 0.15) is 11.5 Å². The number of nitrogens with zero attached hydrogens (tertiary/aromatic N) is 1. The summed E-state index contributed by atoms with van der Waals surface area (Å²) in [6, 6.07) is 4.52. The van der Waals surface area contributed by atoms with Gasteiger partial charge in [0.25, 0.3) is 0 Å². The Morgan fingerprint density at radius 2 is 1.81 bits per heavy atom. The number of aromatic hydroxyl groups is 1. The van der Waals surface area contributed by atoms with E-state index < -0.39 is 11.8 Å². The fourth-order valence-corrected chi connectivity index (χ4v) is 3.26. The SMILES string of the molecule is CCOC(=O)CCC(=O)c1nc(Cc2c(C)cc(F)cc2C)cc(Br)c1O. The number of hydrogen-bond donors (Lipinski definition) is 1. The predicted molar refractivity (Wildman–Crippen MR) is 102 cm³/mol. The van der Waals surface area contributed by atoms with E-state index in [4.69, 9.17) is 4.74 Å². The van der Waals surface area contributed by atoms with Gasteiger partial charge in [-0.05, 0) is 71.6 Å². The highest BCUT2D eigenvalue weighted by atomic mass is 79.9. The van der Waals surface area contributed by atoms with Crippen LogP contribution in [-0.2, 0) is 16.0 Å². The molecule has 2 rings (SSSR count). The third kappa shape index (κ3) is 5.35. The van der Waals surface area contributed by atoms with Crippen LogP contribution in [0.25, 0.3) is 0 Å². The highest BCUT2D eigenvalue weighted by molar-refractivity contribution is 9.10. The lowest BCUT2D eigenvalue weighted by Gasteiger charge is -2.12. The van der Waals surface area contributed by atoms with Crippen LogP contribution in [0.3, 0.4) is 0 Å². The van der Waals surface area contributed by atoms with Gasteiger partial charge < -0.3 is 9.84 Å². The number of carbonyl (C=O) groups excluding carboxylic acids is 2. The lowest BCUT2D eigenvalue weighted by Crippen LogP contribution is -2.11. The first-order chi connectivity index (χ1) is 12.7. The Kier molecular flexibility index (Phi) is 7.07. The second kappa shape index (κ2) is 9.08. The van der Waals surface area contributed by atoms with Gasteiger partial charge in [-0.2, -0.15) is 0 Å². The molecule has 0 aliphatic rings. The van der Waals surface area contributed by atoms with Crippen molar-refractivity contribution in [1.29, 1.82) is 0 Å². The van der Waals surface area contributed by atoms with E-state index in [9.17, 15) is 19.1 Å². The molecule has 0 unspecified atom stereocenters. The number of ketones is 1. The average Bonchev–Trinajstić information content (AvgIpc) is 2.59. The number of aryl methyl sites for hydroxylation is 2. The Morgan fingerprint density at radius 3 is 2.41 bits per heavy atom. The van der Waals surface area contributed by atoms with Crippen molar-refractivity contribution < 1.29 is 23.8 Å². The van der Waals surface area contributed by atoms with Crippen LogP contribution in [0.2, 0.25) is 0 Å². The molecule has 0 aliphatic carbocycles. The summed E-state index contributed by atoms with van der Waals surface area (Å²) < 4.78 is 18.6. The molecule has 0 spiro atoms. The molecule has 0 radical (unpaired) electrons. The number of pyridine rings is 1. The van der Waals surface area contributed by atoms with E-state index in [0.29, 0.717) is 16.6 Å². The molecule has 2 aromatic rings. The Morgan fingerprint density at radius 1 is 1.19 bits per heavy atom. The number of aromatic nitrogens is 1. The van der Waals surface area contributed by atoms with Crippen molar-refractivity contribution in [2.45, 2.75) is 40.0 Å². The molecule has 0 bridgehead atoms. The lowest BCUT2D eigenvalue weighted by molar-refractivity contribution is -0.143. The van der Waals surface area contributed by atoms with Crippen molar-refractivity contribution in [3.8, 4) is 5.75 Å². The van der Waals surface area contributed by atoms with Crippen molar-refractivity contribution in [2.75, 3.05) is 6.61 Å². The monoisotopic (exact) mass is 437 g/mol. The fraction of sp³-hybridized carbons (Fsp3) is 0.350. The minimum absolute atomic E-state index is 0.0776. The van der Waals surface area contributed by atoms with E-state index in [1.807, 2.05) is 13.8 Å². The molecular formula is C20H21BrFNO4. The second-order valence-corrected chi connectivity index (χ2v) is 7.07. The van der Waals surface area contributed by atoms with Crippen LogP contribution in [0.15, 0.2) is 22.7 Å². The summed E-state index contributed by atoms with van der Waals surface area (Å²) in [5.74, 6) is -1.49. The Balaban J connectivity index is 2.28. The van der Waals surface area contributed by atoms with Gasteiger partial charge >= 0.3 is 5.97 Å². The van der Waals surface area contributed by atoms with Crippen molar-refractivity contribution >= 4 is 27.7 Å². The summed E-state index contributed by atoms with van der Waals surface area (Å²) in [6.07, 6.45) is 0.199. The van der Waals surface area contributed by atoms with E-state index >= 15 is 0 Å². The van der Waals surface area contributed by atoms with Gasteiger partial charge in [-0.3, -0.25) is 9.59 Å². The predicted octanol–water partition coefficient (Wildman–Crippen LogP) is 4.42. The standard InChI is InChI=1S/C20H21BrFNO4/c1-4-27-18(25)6-5-17(24)19-20(26)16(21)10-14(23-19)9-15-11(2)7-13(22)8-12(15)3/h7-8,10,26H,4-6,9H2,1-3H3. The van der Waals surface area contributed by atoms with Crippen LogP contribution in [0.4, 0.5) is 4.39 Å². The van der Waals surface area contributed by atoms with Crippen molar-refractivity contribution in [3.05, 3.63) is 56.6 Å². The maximum atomic E-state index is 13.5. The average molecular weight is 438 g/mol. The minimum Gasteiger partial charge on any atom is -0.504 e. The first-order valence-corrected chi connectivity index (χ1v) is 9.35. The highest BCUT2D eigenvalue weighted by Crippen LogP contribution is 2.30.